The molecule has 0 spiro atoms. The number of allylic oxidation sites excluding steroid dienone is 4. The molecular weight excluding hydrogens is 552 g/mol. The molecule has 6 nitrogen and oxygen atoms in total. The van der Waals surface area contributed by atoms with Crippen LogP contribution in [0, 0.1) is 6.42 Å². The Kier molecular flexibility index (Phi) is 14.4. The van der Waals surface area contributed by atoms with E-state index in [0.717, 1.165) is 0 Å². The number of fused-ring (bicyclic) bond motifs is 1. The molecule has 0 bridgehead atoms. The first-order valence-corrected chi connectivity index (χ1v) is 13.5. The van der Waals surface area contributed by atoms with Gasteiger partial charge in [0.25, 0.3) is 0 Å². The molecule has 212 valence electrons. The average molecular weight is 588 g/mol. The fourth-order valence-corrected chi connectivity index (χ4v) is 4.86. The first kappa shape index (κ1) is 33.3. The summed E-state index contributed by atoms with van der Waals surface area (Å²) in [5.74, 6) is -2.64. The van der Waals surface area contributed by atoms with Crippen LogP contribution in [0.5, 0.6) is 0 Å². The van der Waals surface area contributed by atoms with Crippen molar-refractivity contribution in [3.05, 3.63) is 136 Å². The van der Waals surface area contributed by atoms with Crippen LogP contribution in [0.4, 0.5) is 0 Å². The average Bonchev–Trinajstić information content (AvgIpc) is 3.38. The molecule has 6 rings (SSSR count). The monoisotopic (exact) mass is 587 g/mol. The number of carboxylic acids is 3. The zero-order chi connectivity index (χ0) is 28.7. The van der Waals surface area contributed by atoms with E-state index in [1.54, 1.807) is 113 Å². The van der Waals surface area contributed by atoms with Crippen molar-refractivity contribution in [1.82, 2.24) is 0 Å². The Morgan fingerprint density at radius 1 is 0.537 bits per heavy atom. The molecule has 0 aromatic heterocycles. The van der Waals surface area contributed by atoms with E-state index in [1.807, 2.05) is 0 Å². The van der Waals surface area contributed by atoms with Gasteiger partial charge in [-0.3, -0.25) is 0 Å². The van der Waals surface area contributed by atoms with Gasteiger partial charge in [-0.05, 0) is 62.1 Å². The van der Waals surface area contributed by atoms with E-state index in [0.29, 0.717) is 16.7 Å². The Bertz CT molecular complexity index is 1180. The summed E-state index contributed by atoms with van der Waals surface area (Å²) in [4.78, 5) is 30.6. The summed E-state index contributed by atoms with van der Waals surface area (Å²) in [5.41, 5.74) is 8.05. The summed E-state index contributed by atoms with van der Waals surface area (Å²) in [6, 6.07) is 24.9. The molecule has 0 atom stereocenters. The number of carboxylic acid groups (broad SMARTS) is 3. The summed E-state index contributed by atoms with van der Waals surface area (Å²) in [5, 5.41) is 25.2. The van der Waals surface area contributed by atoms with Gasteiger partial charge in [0.05, 0.1) is 16.7 Å². The van der Waals surface area contributed by atoms with Crippen molar-refractivity contribution in [2.75, 3.05) is 0 Å². The maximum atomic E-state index is 10.2. The quantitative estimate of drug-likeness (QED) is 0.211. The fourth-order valence-electron chi connectivity index (χ4n) is 4.86. The Labute approximate surface area is 256 Å². The number of aromatic carboxylic acids is 3. The van der Waals surface area contributed by atoms with Crippen LogP contribution in [-0.2, 0) is 21.7 Å². The van der Waals surface area contributed by atoms with Gasteiger partial charge < -0.3 is 15.3 Å². The fraction of sp³-hybridized carbons (Fsp3) is 0.235. The molecule has 0 saturated heterocycles. The van der Waals surface area contributed by atoms with Crippen molar-refractivity contribution >= 4 is 17.9 Å². The van der Waals surface area contributed by atoms with Gasteiger partial charge >= 0.3 is 17.9 Å². The number of benzene rings is 3. The minimum Gasteiger partial charge on any atom is -0.478 e. The van der Waals surface area contributed by atoms with Gasteiger partial charge in [-0.25, -0.2) is 26.4 Å². The third-order valence-corrected chi connectivity index (χ3v) is 6.82. The molecule has 0 amide bonds. The van der Waals surface area contributed by atoms with Crippen molar-refractivity contribution in [2.45, 2.75) is 51.4 Å². The SMILES string of the molecule is O=C(O)c1ccccc1.O=C(O)c1ccccc1.O=C(O)c1ccccc1.[CH-]1CCCC2=C1CC1=C2CCCC1.[Ti]. The van der Waals surface area contributed by atoms with Crippen molar-refractivity contribution in [3.63, 3.8) is 0 Å². The molecule has 0 aliphatic heterocycles. The zero-order valence-corrected chi connectivity index (χ0v) is 24.5. The van der Waals surface area contributed by atoms with Crippen molar-refractivity contribution in [3.8, 4) is 0 Å². The Morgan fingerprint density at radius 2 is 0.927 bits per heavy atom. The van der Waals surface area contributed by atoms with E-state index < -0.39 is 17.9 Å². The van der Waals surface area contributed by atoms with E-state index in [1.165, 1.54) is 51.4 Å². The third kappa shape index (κ3) is 10.9. The van der Waals surface area contributed by atoms with Crippen LogP contribution in [0.3, 0.4) is 0 Å². The van der Waals surface area contributed by atoms with Gasteiger partial charge in [0.1, 0.15) is 0 Å². The van der Waals surface area contributed by atoms with E-state index in [4.69, 9.17) is 15.3 Å². The normalized spacial score (nSPS) is 14.4. The second-order valence-electron chi connectivity index (χ2n) is 9.58. The summed E-state index contributed by atoms with van der Waals surface area (Å²) in [6.07, 6.45) is 13.6. The van der Waals surface area contributed by atoms with Crippen LogP contribution in [0.25, 0.3) is 0 Å². The van der Waals surface area contributed by atoms with E-state index in [9.17, 15) is 14.4 Å². The van der Waals surface area contributed by atoms with Gasteiger partial charge in [0, 0.05) is 21.7 Å². The van der Waals surface area contributed by atoms with Crippen LogP contribution < -0.4 is 0 Å². The molecule has 0 radical (unpaired) electrons. The van der Waals surface area contributed by atoms with Crippen LogP contribution >= 0.6 is 0 Å². The minimum atomic E-state index is -0.879. The summed E-state index contributed by atoms with van der Waals surface area (Å²) in [6.45, 7) is 0. The van der Waals surface area contributed by atoms with Crippen molar-refractivity contribution in [2.24, 2.45) is 0 Å². The molecule has 3 aliphatic carbocycles. The van der Waals surface area contributed by atoms with E-state index in [-0.39, 0.29) is 21.7 Å². The van der Waals surface area contributed by atoms with Crippen LogP contribution in [0.15, 0.2) is 113 Å². The standard InChI is InChI=1S/C13H17.3C7H6O2.Ti/c1-3-7-12-10(5-1)9-11-6-2-4-8-13(11)12;3*8-7(9)6-4-2-1-3-5-6;/h5H,1-4,6-9H2;3*1-5H,(H,8,9);/q-1;;;;. The predicted octanol–water partition coefficient (Wildman–Crippen LogP) is 8.10. The number of rotatable bonds is 3. The molecule has 41 heavy (non-hydrogen) atoms. The van der Waals surface area contributed by atoms with Gasteiger partial charge in [-0.2, -0.15) is 5.57 Å². The molecule has 3 aliphatic rings. The molecule has 3 aromatic carbocycles. The van der Waals surface area contributed by atoms with E-state index >= 15 is 0 Å². The van der Waals surface area contributed by atoms with Crippen LogP contribution in [-0.4, -0.2) is 33.2 Å². The summed E-state index contributed by atoms with van der Waals surface area (Å²) >= 11 is 0. The molecule has 0 saturated carbocycles. The Morgan fingerprint density at radius 3 is 1.32 bits per heavy atom. The van der Waals surface area contributed by atoms with Gasteiger partial charge in [0.15, 0.2) is 0 Å². The van der Waals surface area contributed by atoms with Gasteiger partial charge in [-0.1, -0.05) is 79.4 Å². The third-order valence-electron chi connectivity index (χ3n) is 6.82. The van der Waals surface area contributed by atoms with Gasteiger partial charge in [-0.15, -0.1) is 12.0 Å². The molecule has 7 heteroatoms. The molecule has 0 unspecified atom stereocenters. The molecule has 0 heterocycles. The van der Waals surface area contributed by atoms with Gasteiger partial charge in [0.2, 0.25) is 0 Å². The molecular formula is C34H35O6Ti-. The number of hydrogen-bond acceptors (Lipinski definition) is 3. The maximum Gasteiger partial charge on any atom is 0.335 e. The zero-order valence-electron chi connectivity index (χ0n) is 23.0. The largest absolute Gasteiger partial charge is 0.478 e. The number of hydrogen-bond donors (Lipinski definition) is 3. The van der Waals surface area contributed by atoms with Crippen molar-refractivity contribution < 1.29 is 51.4 Å². The summed E-state index contributed by atoms with van der Waals surface area (Å²) in [7, 11) is 0. The first-order valence-electron chi connectivity index (χ1n) is 13.5. The van der Waals surface area contributed by atoms with Crippen LogP contribution in [0.2, 0.25) is 0 Å². The predicted molar refractivity (Wildman–Crippen MR) is 155 cm³/mol. The topological polar surface area (TPSA) is 112 Å². The first-order chi connectivity index (χ1) is 19.4. The Hall–Kier alpha value is -3.87. The van der Waals surface area contributed by atoms with Crippen molar-refractivity contribution in [1.29, 1.82) is 0 Å². The molecule has 3 N–H and O–H groups in total. The second-order valence-corrected chi connectivity index (χ2v) is 9.58. The smallest absolute Gasteiger partial charge is 0.335 e. The molecule has 3 aromatic rings. The minimum absolute atomic E-state index is 0. The summed E-state index contributed by atoms with van der Waals surface area (Å²) < 4.78 is 0. The van der Waals surface area contributed by atoms with E-state index in [2.05, 4.69) is 6.42 Å². The molecule has 0 fully saturated rings. The second kappa shape index (κ2) is 17.7. The Balaban J connectivity index is 0.000000193. The van der Waals surface area contributed by atoms with Crippen LogP contribution in [0.1, 0.15) is 82.4 Å². The number of carbonyl (C=O) groups is 3. The maximum absolute atomic E-state index is 10.2.